The van der Waals surface area contributed by atoms with E-state index in [4.69, 9.17) is 0 Å². The Kier molecular flexibility index (Phi) is 3.07. The Morgan fingerprint density at radius 1 is 1.31 bits per heavy atom. The van der Waals surface area contributed by atoms with Gasteiger partial charge in [-0.1, -0.05) is 32.0 Å². The van der Waals surface area contributed by atoms with Gasteiger partial charge in [0.2, 0.25) is 0 Å². The molecule has 0 fully saturated rings. The van der Waals surface area contributed by atoms with E-state index in [0.29, 0.717) is 5.56 Å². The average molecular weight is 177 g/mol. The maximum absolute atomic E-state index is 10.7. The zero-order chi connectivity index (χ0) is 9.84. The second-order valence-corrected chi connectivity index (χ2v) is 2.94. The van der Waals surface area contributed by atoms with Gasteiger partial charge in [0.1, 0.15) is 0 Å². The molecule has 0 bridgehead atoms. The topological polar surface area (TPSA) is 40.1 Å². The fourth-order valence-corrected chi connectivity index (χ4v) is 1.57. The predicted octanol–water partition coefficient (Wildman–Crippen LogP) is 1.17. The smallest absolute Gasteiger partial charge is 0.0718 e. The van der Waals surface area contributed by atoms with E-state index in [1.807, 2.05) is 19.9 Å². The fourth-order valence-electron chi connectivity index (χ4n) is 1.57. The molecular formula is C11H13O2-. The van der Waals surface area contributed by atoms with Gasteiger partial charge < -0.3 is 9.90 Å². The quantitative estimate of drug-likeness (QED) is 0.695. The maximum Gasteiger partial charge on any atom is 0.0718 e. The Balaban J connectivity index is 3.27. The molecule has 0 saturated carbocycles. The number of carbonyl (C=O) groups is 1. The monoisotopic (exact) mass is 177 g/mol. The maximum atomic E-state index is 10.7. The van der Waals surface area contributed by atoms with E-state index in [2.05, 4.69) is 0 Å². The van der Waals surface area contributed by atoms with Crippen molar-refractivity contribution in [3.63, 3.8) is 0 Å². The molecule has 0 N–H and O–H groups in total. The van der Waals surface area contributed by atoms with Crippen LogP contribution in [-0.2, 0) is 12.8 Å². The molecule has 0 aliphatic rings. The summed E-state index contributed by atoms with van der Waals surface area (Å²) in [6, 6.07) is 5.34. The molecule has 0 aromatic heterocycles. The fraction of sp³-hybridized carbons (Fsp3) is 0.364. The Bertz CT molecular complexity index is 316. The normalized spacial score (nSPS) is 10.0. The van der Waals surface area contributed by atoms with Crippen LogP contribution in [0.1, 0.15) is 35.3 Å². The van der Waals surface area contributed by atoms with Crippen LogP contribution in [0.4, 0.5) is 0 Å². The van der Waals surface area contributed by atoms with Crippen LogP contribution in [0.2, 0.25) is 0 Å². The first-order valence-electron chi connectivity index (χ1n) is 4.52. The van der Waals surface area contributed by atoms with Crippen LogP contribution in [0.25, 0.3) is 0 Å². The van der Waals surface area contributed by atoms with Gasteiger partial charge in [0.15, 0.2) is 0 Å². The van der Waals surface area contributed by atoms with Crippen LogP contribution < -0.4 is 5.11 Å². The minimum Gasteiger partial charge on any atom is -0.545 e. The van der Waals surface area contributed by atoms with E-state index in [9.17, 15) is 9.90 Å². The van der Waals surface area contributed by atoms with Crippen LogP contribution in [0.3, 0.4) is 0 Å². The van der Waals surface area contributed by atoms with Crippen molar-refractivity contribution in [3.8, 4) is 0 Å². The zero-order valence-electron chi connectivity index (χ0n) is 7.96. The van der Waals surface area contributed by atoms with E-state index in [0.717, 1.165) is 24.0 Å². The summed E-state index contributed by atoms with van der Waals surface area (Å²) in [5.74, 6) is -1.08. The van der Waals surface area contributed by atoms with Crippen LogP contribution in [0, 0.1) is 0 Å². The zero-order valence-corrected chi connectivity index (χ0v) is 7.96. The van der Waals surface area contributed by atoms with Crippen LogP contribution in [0.5, 0.6) is 0 Å². The SMILES string of the molecule is CCc1cccc(C(=O)[O-])c1CC. The van der Waals surface area contributed by atoms with Crippen LogP contribution >= 0.6 is 0 Å². The molecule has 0 heterocycles. The van der Waals surface area contributed by atoms with Gasteiger partial charge in [-0.2, -0.15) is 0 Å². The van der Waals surface area contributed by atoms with Crippen molar-refractivity contribution in [2.45, 2.75) is 26.7 Å². The molecule has 0 amide bonds. The van der Waals surface area contributed by atoms with Gasteiger partial charge in [0.05, 0.1) is 5.97 Å². The third-order valence-corrected chi connectivity index (χ3v) is 2.23. The summed E-state index contributed by atoms with van der Waals surface area (Å²) in [5, 5.41) is 10.7. The second-order valence-electron chi connectivity index (χ2n) is 2.94. The number of benzene rings is 1. The van der Waals surface area contributed by atoms with E-state index in [1.54, 1.807) is 12.1 Å². The molecule has 0 unspecified atom stereocenters. The molecule has 0 atom stereocenters. The van der Waals surface area contributed by atoms with E-state index in [-0.39, 0.29) is 0 Å². The number of rotatable bonds is 3. The molecular weight excluding hydrogens is 164 g/mol. The molecule has 70 valence electrons. The minimum absolute atomic E-state index is 0.335. The second kappa shape index (κ2) is 4.08. The summed E-state index contributed by atoms with van der Waals surface area (Å²) in [7, 11) is 0. The standard InChI is InChI=1S/C11H14O2/c1-3-8-6-5-7-10(11(12)13)9(8)4-2/h5-7H,3-4H2,1-2H3,(H,12,13)/p-1. The Labute approximate surface area is 78.2 Å². The van der Waals surface area contributed by atoms with Gasteiger partial charge in [-0.3, -0.25) is 0 Å². The Hall–Kier alpha value is -1.31. The summed E-state index contributed by atoms with van der Waals surface area (Å²) >= 11 is 0. The summed E-state index contributed by atoms with van der Waals surface area (Å²) < 4.78 is 0. The Morgan fingerprint density at radius 3 is 2.46 bits per heavy atom. The third kappa shape index (κ3) is 1.89. The molecule has 13 heavy (non-hydrogen) atoms. The highest BCUT2D eigenvalue weighted by atomic mass is 16.4. The van der Waals surface area contributed by atoms with Gasteiger partial charge in [-0.05, 0) is 24.0 Å². The van der Waals surface area contributed by atoms with Crippen molar-refractivity contribution >= 4 is 5.97 Å². The lowest BCUT2D eigenvalue weighted by Gasteiger charge is -2.12. The van der Waals surface area contributed by atoms with Crippen molar-refractivity contribution in [2.75, 3.05) is 0 Å². The van der Waals surface area contributed by atoms with Crippen molar-refractivity contribution in [2.24, 2.45) is 0 Å². The summed E-state index contributed by atoms with van der Waals surface area (Å²) in [6.07, 6.45) is 1.61. The van der Waals surface area contributed by atoms with Gasteiger partial charge in [0, 0.05) is 5.56 Å². The van der Waals surface area contributed by atoms with Gasteiger partial charge >= 0.3 is 0 Å². The van der Waals surface area contributed by atoms with Crippen LogP contribution in [-0.4, -0.2) is 5.97 Å². The number of aromatic carboxylic acids is 1. The summed E-state index contributed by atoms with van der Waals surface area (Å²) in [6.45, 7) is 3.98. The molecule has 1 aromatic carbocycles. The number of hydrogen-bond donors (Lipinski definition) is 0. The number of aryl methyl sites for hydroxylation is 1. The largest absolute Gasteiger partial charge is 0.545 e. The number of carbonyl (C=O) groups excluding carboxylic acids is 1. The highest BCUT2D eigenvalue weighted by molar-refractivity contribution is 5.88. The molecule has 0 aliphatic carbocycles. The molecule has 0 saturated heterocycles. The molecule has 0 radical (unpaired) electrons. The predicted molar refractivity (Wildman–Crippen MR) is 49.5 cm³/mol. The van der Waals surface area contributed by atoms with E-state index >= 15 is 0 Å². The lowest BCUT2D eigenvalue weighted by molar-refractivity contribution is -0.255. The first kappa shape index (κ1) is 9.78. The Morgan fingerprint density at radius 2 is 2.00 bits per heavy atom. The molecule has 1 rings (SSSR count). The van der Waals surface area contributed by atoms with Gasteiger partial charge in [-0.15, -0.1) is 0 Å². The summed E-state index contributed by atoms with van der Waals surface area (Å²) in [4.78, 5) is 10.7. The van der Waals surface area contributed by atoms with Gasteiger partial charge in [0.25, 0.3) is 0 Å². The molecule has 1 aromatic rings. The minimum atomic E-state index is -1.08. The van der Waals surface area contributed by atoms with Crippen molar-refractivity contribution in [1.82, 2.24) is 0 Å². The average Bonchev–Trinajstić information content (AvgIpc) is 2.16. The first-order chi connectivity index (χ1) is 6.20. The molecule has 2 nitrogen and oxygen atoms in total. The first-order valence-corrected chi connectivity index (χ1v) is 4.52. The number of carboxylic acids is 1. The van der Waals surface area contributed by atoms with Crippen molar-refractivity contribution < 1.29 is 9.90 Å². The molecule has 0 spiro atoms. The number of carboxylic acid groups (broad SMARTS) is 1. The highest BCUT2D eigenvalue weighted by Crippen LogP contribution is 2.15. The van der Waals surface area contributed by atoms with Crippen molar-refractivity contribution in [1.29, 1.82) is 0 Å². The molecule has 0 aliphatic heterocycles. The third-order valence-electron chi connectivity index (χ3n) is 2.23. The lowest BCUT2D eigenvalue weighted by atomic mass is 9.97. The van der Waals surface area contributed by atoms with Crippen LogP contribution in [0.15, 0.2) is 18.2 Å². The van der Waals surface area contributed by atoms with E-state index in [1.165, 1.54) is 0 Å². The van der Waals surface area contributed by atoms with Crippen molar-refractivity contribution in [3.05, 3.63) is 34.9 Å². The molecule has 2 heteroatoms. The van der Waals surface area contributed by atoms with E-state index < -0.39 is 5.97 Å². The van der Waals surface area contributed by atoms with Gasteiger partial charge in [-0.25, -0.2) is 0 Å². The number of hydrogen-bond acceptors (Lipinski definition) is 2. The highest BCUT2D eigenvalue weighted by Gasteiger charge is 2.04. The lowest BCUT2D eigenvalue weighted by Crippen LogP contribution is -2.24. The summed E-state index contributed by atoms with van der Waals surface area (Å²) in [5.41, 5.74) is 2.34.